The number of halogens is 2. The molecule has 4 aromatic rings. The molecule has 1 aromatic heterocycles. The van der Waals surface area contributed by atoms with Gasteiger partial charge in [0.1, 0.15) is 17.7 Å². The van der Waals surface area contributed by atoms with Gasteiger partial charge in [0.15, 0.2) is 0 Å². The van der Waals surface area contributed by atoms with Crippen LogP contribution in [0.3, 0.4) is 0 Å². The number of sulfonamides is 1. The molecule has 18 heteroatoms. The number of morpholine rings is 1. The summed E-state index contributed by atoms with van der Waals surface area (Å²) in [6.45, 7) is 10.2. The summed E-state index contributed by atoms with van der Waals surface area (Å²) >= 11 is 0. The van der Waals surface area contributed by atoms with Crippen molar-refractivity contribution >= 4 is 33.5 Å². The first-order valence-electron chi connectivity index (χ1n) is 18.1. The van der Waals surface area contributed by atoms with Gasteiger partial charge in [-0.1, -0.05) is 12.1 Å². The lowest BCUT2D eigenvalue weighted by Gasteiger charge is -2.26. The third-order valence-corrected chi connectivity index (χ3v) is 10.8. The van der Waals surface area contributed by atoms with Crippen molar-refractivity contribution in [1.29, 1.82) is 0 Å². The molecule has 1 aliphatic heterocycles. The number of amides is 2. The van der Waals surface area contributed by atoms with E-state index in [-0.39, 0.29) is 22.6 Å². The van der Waals surface area contributed by atoms with Gasteiger partial charge in [-0.15, -0.1) is 0 Å². The highest BCUT2D eigenvalue weighted by atomic mass is 32.2. The van der Waals surface area contributed by atoms with E-state index >= 15 is 8.78 Å². The smallest absolute Gasteiger partial charge is 0.335 e. The average Bonchev–Trinajstić information content (AvgIpc) is 3.18. The quantitative estimate of drug-likeness (QED) is 0.160. The third-order valence-electron chi connectivity index (χ3n) is 9.41. The summed E-state index contributed by atoms with van der Waals surface area (Å²) in [5.74, 6) is -5.06. The van der Waals surface area contributed by atoms with E-state index in [0.29, 0.717) is 55.3 Å². The highest BCUT2D eigenvalue weighted by Gasteiger charge is 2.27. The number of esters is 1. The first-order valence-corrected chi connectivity index (χ1v) is 19.5. The highest BCUT2D eigenvalue weighted by molar-refractivity contribution is 7.92. The number of benzene rings is 3. The summed E-state index contributed by atoms with van der Waals surface area (Å²) in [5.41, 5.74) is -0.825. The van der Waals surface area contributed by atoms with Crippen LogP contribution in [0.25, 0.3) is 5.69 Å². The van der Waals surface area contributed by atoms with Crippen LogP contribution >= 0.6 is 0 Å². The summed E-state index contributed by atoms with van der Waals surface area (Å²) in [4.78, 5) is 66.5. The molecule has 57 heavy (non-hydrogen) atoms. The monoisotopic (exact) mass is 810 g/mol. The Kier molecular flexibility index (Phi) is 13.4. The second-order valence-electron chi connectivity index (χ2n) is 13.7. The molecule has 2 amide bonds. The van der Waals surface area contributed by atoms with E-state index in [2.05, 4.69) is 15.5 Å². The van der Waals surface area contributed by atoms with Crippen LogP contribution < -0.4 is 26.6 Å². The number of nitrogens with zero attached hydrogens (tertiary/aromatic N) is 3. The van der Waals surface area contributed by atoms with Gasteiger partial charge in [-0.3, -0.25) is 24.0 Å². The number of anilines is 1. The Morgan fingerprint density at radius 2 is 1.56 bits per heavy atom. The first-order chi connectivity index (χ1) is 27.0. The molecule has 3 aromatic carbocycles. The number of rotatable bonds is 14. The van der Waals surface area contributed by atoms with Gasteiger partial charge < -0.3 is 24.7 Å². The van der Waals surface area contributed by atoms with E-state index in [1.54, 1.807) is 34.7 Å². The molecule has 0 saturated carbocycles. The zero-order valence-electron chi connectivity index (χ0n) is 32.1. The van der Waals surface area contributed by atoms with E-state index < -0.39 is 74.1 Å². The average molecular weight is 811 g/mol. The standard InChI is InChI=1S/C39H44F2N6O9S/c1-23(2)56-38(51)34(20-26-6-10-28(11-7-26)47-37(50)24(3)25(4)45(5)39(47)52)43-36(49)30-21-32(41)33(22-31(30)40)44-57(53,54)29-12-8-27(9-13-29)35(48)42-14-15-46-16-18-55-19-17-46/h6-13,21-23,34,44H,14-20H2,1-5H3,(H,42,48)(H,43,49)/t34-/m0/s1. The minimum Gasteiger partial charge on any atom is -0.461 e. The predicted octanol–water partition coefficient (Wildman–Crippen LogP) is 2.59. The number of carbonyl (C=O) groups excluding carboxylic acids is 3. The molecule has 0 aliphatic carbocycles. The van der Waals surface area contributed by atoms with E-state index in [1.807, 2.05) is 4.72 Å². The van der Waals surface area contributed by atoms with Crippen molar-refractivity contribution in [3.8, 4) is 5.69 Å². The lowest BCUT2D eigenvalue weighted by Crippen LogP contribution is -2.44. The molecule has 304 valence electrons. The van der Waals surface area contributed by atoms with Gasteiger partial charge in [0, 0.05) is 62.5 Å². The van der Waals surface area contributed by atoms with E-state index in [9.17, 15) is 32.4 Å². The van der Waals surface area contributed by atoms with Gasteiger partial charge in [0.05, 0.1) is 41.2 Å². The van der Waals surface area contributed by atoms with Crippen molar-refractivity contribution in [2.24, 2.45) is 7.05 Å². The zero-order chi connectivity index (χ0) is 41.6. The Bertz CT molecular complexity index is 2340. The largest absolute Gasteiger partial charge is 0.461 e. The number of hydrogen-bond acceptors (Lipinski definition) is 10. The predicted molar refractivity (Wildman–Crippen MR) is 206 cm³/mol. The van der Waals surface area contributed by atoms with Crippen LogP contribution in [0.5, 0.6) is 0 Å². The first kappa shape index (κ1) is 42.4. The summed E-state index contributed by atoms with van der Waals surface area (Å²) in [5, 5.41) is 5.14. The molecule has 1 fully saturated rings. The number of aromatic nitrogens is 2. The molecule has 0 bridgehead atoms. The van der Waals surface area contributed by atoms with Crippen LogP contribution in [0.2, 0.25) is 0 Å². The van der Waals surface area contributed by atoms with Crippen molar-refractivity contribution in [2.45, 2.75) is 51.2 Å². The molecule has 5 rings (SSSR count). The van der Waals surface area contributed by atoms with Gasteiger partial charge in [-0.05, 0) is 75.7 Å². The molecule has 0 unspecified atom stereocenters. The molecule has 0 radical (unpaired) electrons. The summed E-state index contributed by atoms with van der Waals surface area (Å²) < 4.78 is 71.8. The molecule has 0 spiro atoms. The minimum atomic E-state index is -4.47. The maximum atomic E-state index is 15.4. The summed E-state index contributed by atoms with van der Waals surface area (Å²) in [7, 11) is -2.93. The third kappa shape index (κ3) is 10.2. The molecule has 3 N–H and O–H groups in total. The van der Waals surface area contributed by atoms with Crippen LogP contribution in [-0.4, -0.2) is 91.8 Å². The van der Waals surface area contributed by atoms with Gasteiger partial charge >= 0.3 is 11.7 Å². The van der Waals surface area contributed by atoms with E-state index in [1.165, 1.54) is 41.0 Å². The maximum Gasteiger partial charge on any atom is 0.335 e. The van der Waals surface area contributed by atoms with Gasteiger partial charge in [-0.2, -0.15) is 0 Å². The molecule has 1 atom stereocenters. The summed E-state index contributed by atoms with van der Waals surface area (Å²) in [6.07, 6.45) is -0.763. The van der Waals surface area contributed by atoms with Crippen molar-refractivity contribution in [2.75, 3.05) is 44.1 Å². The molecule has 2 heterocycles. The van der Waals surface area contributed by atoms with Gasteiger partial charge in [0.25, 0.3) is 27.4 Å². The van der Waals surface area contributed by atoms with Crippen molar-refractivity contribution in [1.82, 2.24) is 24.7 Å². The van der Waals surface area contributed by atoms with Crippen LogP contribution in [0.15, 0.2) is 75.1 Å². The van der Waals surface area contributed by atoms with E-state index in [0.717, 1.165) is 29.8 Å². The van der Waals surface area contributed by atoms with Crippen LogP contribution in [-0.2, 0) is 37.8 Å². The summed E-state index contributed by atoms with van der Waals surface area (Å²) in [6, 6.07) is 10.5. The van der Waals surface area contributed by atoms with Crippen LogP contribution in [0.1, 0.15) is 51.4 Å². The van der Waals surface area contributed by atoms with Gasteiger partial charge in [-0.25, -0.2) is 31.4 Å². The fourth-order valence-corrected chi connectivity index (χ4v) is 7.04. The van der Waals surface area contributed by atoms with Crippen molar-refractivity contribution < 1.29 is 41.1 Å². The molecule has 1 aliphatic rings. The number of hydrogen-bond donors (Lipinski definition) is 3. The second-order valence-corrected chi connectivity index (χ2v) is 15.4. The zero-order valence-corrected chi connectivity index (χ0v) is 32.9. The van der Waals surface area contributed by atoms with Gasteiger partial charge in [0.2, 0.25) is 0 Å². The topological polar surface area (TPSA) is 187 Å². The van der Waals surface area contributed by atoms with Crippen LogP contribution in [0.4, 0.5) is 14.5 Å². The van der Waals surface area contributed by atoms with Crippen LogP contribution in [0, 0.1) is 25.5 Å². The fraction of sp³-hybridized carbons (Fsp3) is 0.359. The lowest BCUT2D eigenvalue weighted by atomic mass is 10.0. The number of carbonyl (C=O) groups is 3. The second kappa shape index (κ2) is 18.0. The number of ether oxygens (including phenoxy) is 2. The molecular weight excluding hydrogens is 767 g/mol. The normalized spacial score (nSPS) is 13.9. The van der Waals surface area contributed by atoms with Crippen molar-refractivity contribution in [3.63, 3.8) is 0 Å². The fourth-order valence-electron chi connectivity index (χ4n) is 5.99. The Morgan fingerprint density at radius 1 is 0.912 bits per heavy atom. The Morgan fingerprint density at radius 3 is 2.19 bits per heavy atom. The van der Waals surface area contributed by atoms with E-state index in [4.69, 9.17) is 9.47 Å². The minimum absolute atomic E-state index is 0.172. The number of nitrogens with one attached hydrogen (secondary N) is 3. The Labute approximate surface area is 327 Å². The Hall–Kier alpha value is -5.72. The highest BCUT2D eigenvalue weighted by Crippen LogP contribution is 2.24. The maximum absolute atomic E-state index is 15.4. The Balaban J connectivity index is 1.27. The molecule has 15 nitrogen and oxygen atoms in total. The molecular formula is C39H44F2N6O9S. The SMILES string of the molecule is Cc1c(C)n(C)c(=O)n(-c2ccc(C[C@H](NC(=O)c3cc(F)c(NS(=O)(=O)c4ccc(C(=O)NCCN5CCOCC5)cc4)cc3F)C(=O)OC(C)C)cc2)c1=O. The van der Waals surface area contributed by atoms with Crippen molar-refractivity contribution in [3.05, 3.63) is 121 Å². The lowest BCUT2D eigenvalue weighted by molar-refractivity contribution is -0.149. The molecule has 1 saturated heterocycles.